The van der Waals surface area contributed by atoms with Gasteiger partial charge in [0.2, 0.25) is 0 Å². The summed E-state index contributed by atoms with van der Waals surface area (Å²) in [6.45, 7) is 0. The molecule has 0 aliphatic carbocycles. The van der Waals surface area contributed by atoms with Gasteiger partial charge in [0, 0.05) is 20.3 Å². The minimum Gasteiger partial charge on any atom is -0.504 e. The van der Waals surface area contributed by atoms with Crippen LogP contribution in [-0.2, 0) is 0 Å². The van der Waals surface area contributed by atoms with E-state index in [0.717, 1.165) is 3.57 Å². The Morgan fingerprint density at radius 1 is 1.30 bits per heavy atom. The van der Waals surface area contributed by atoms with Gasteiger partial charge >= 0.3 is 0 Å². The Morgan fingerprint density at radius 3 is 2.70 bits per heavy atom. The summed E-state index contributed by atoms with van der Waals surface area (Å²) < 4.78 is 5.74. The van der Waals surface area contributed by atoms with Crippen molar-refractivity contribution < 1.29 is 14.6 Å². The van der Waals surface area contributed by atoms with Crippen molar-refractivity contribution in [2.75, 3.05) is 12.4 Å². The van der Waals surface area contributed by atoms with Crippen molar-refractivity contribution in [2.24, 2.45) is 0 Å². The number of anilines is 1. The zero-order valence-electron chi connectivity index (χ0n) is 10.5. The van der Waals surface area contributed by atoms with Gasteiger partial charge in [-0.1, -0.05) is 11.6 Å². The molecule has 0 saturated heterocycles. The van der Waals surface area contributed by atoms with Gasteiger partial charge in [0.25, 0.3) is 5.91 Å². The molecule has 0 heterocycles. The van der Waals surface area contributed by atoms with Gasteiger partial charge in [0.15, 0.2) is 11.5 Å². The van der Waals surface area contributed by atoms with E-state index in [1.807, 2.05) is 0 Å². The fraction of sp³-hybridized carbons (Fsp3) is 0.0714. The number of hydrogen-bond acceptors (Lipinski definition) is 3. The summed E-state index contributed by atoms with van der Waals surface area (Å²) in [5, 5.41) is 12.9. The van der Waals surface area contributed by atoms with Crippen molar-refractivity contribution >= 4 is 45.8 Å². The van der Waals surface area contributed by atoms with Gasteiger partial charge in [-0.3, -0.25) is 4.79 Å². The van der Waals surface area contributed by atoms with E-state index in [1.165, 1.54) is 13.2 Å². The molecule has 0 atom stereocenters. The molecular formula is C14H11ClINO3. The molecule has 0 fully saturated rings. The number of halogens is 2. The molecule has 0 bridgehead atoms. The highest BCUT2D eigenvalue weighted by Gasteiger charge is 2.12. The van der Waals surface area contributed by atoms with E-state index in [-0.39, 0.29) is 11.7 Å². The maximum atomic E-state index is 12.2. The van der Waals surface area contributed by atoms with Crippen LogP contribution in [0.2, 0.25) is 5.02 Å². The Kier molecular flexibility index (Phi) is 4.72. The number of rotatable bonds is 3. The molecule has 0 spiro atoms. The summed E-state index contributed by atoms with van der Waals surface area (Å²) in [5.41, 5.74) is 0.956. The quantitative estimate of drug-likeness (QED) is 0.764. The predicted octanol–water partition coefficient (Wildman–Crippen LogP) is 3.91. The highest BCUT2D eigenvalue weighted by Crippen LogP contribution is 2.29. The fourth-order valence-corrected chi connectivity index (χ4v) is 2.39. The van der Waals surface area contributed by atoms with Gasteiger partial charge in [-0.05, 0) is 52.9 Å². The SMILES string of the molecule is COc1ccc(NC(=O)c2cc(Cl)ccc2I)cc1O. The molecule has 0 aromatic heterocycles. The highest BCUT2D eigenvalue weighted by molar-refractivity contribution is 14.1. The van der Waals surface area contributed by atoms with Crippen LogP contribution in [0, 0.1) is 3.57 Å². The standard InChI is InChI=1S/C14H11ClINO3/c1-20-13-5-3-9(7-12(13)18)17-14(19)10-6-8(15)2-4-11(10)16/h2-7,18H,1H3,(H,17,19). The Balaban J connectivity index is 2.23. The lowest BCUT2D eigenvalue weighted by molar-refractivity contribution is 0.102. The first-order chi connectivity index (χ1) is 9.51. The largest absolute Gasteiger partial charge is 0.504 e. The first-order valence-corrected chi connectivity index (χ1v) is 7.10. The van der Waals surface area contributed by atoms with Gasteiger partial charge in [-0.25, -0.2) is 0 Å². The van der Waals surface area contributed by atoms with Crippen LogP contribution in [0.15, 0.2) is 36.4 Å². The molecule has 20 heavy (non-hydrogen) atoms. The number of aromatic hydroxyl groups is 1. The monoisotopic (exact) mass is 403 g/mol. The van der Waals surface area contributed by atoms with Crippen molar-refractivity contribution in [1.29, 1.82) is 0 Å². The number of phenols is 1. The highest BCUT2D eigenvalue weighted by atomic mass is 127. The number of methoxy groups -OCH3 is 1. The molecule has 4 nitrogen and oxygen atoms in total. The summed E-state index contributed by atoms with van der Waals surface area (Å²) in [4.78, 5) is 12.2. The Hall–Kier alpha value is -1.47. The van der Waals surface area contributed by atoms with Crippen molar-refractivity contribution in [3.63, 3.8) is 0 Å². The van der Waals surface area contributed by atoms with Crippen LogP contribution in [0.3, 0.4) is 0 Å². The van der Waals surface area contributed by atoms with Gasteiger partial charge in [0.1, 0.15) is 0 Å². The number of carbonyl (C=O) groups is 1. The minimum atomic E-state index is -0.290. The van der Waals surface area contributed by atoms with Crippen molar-refractivity contribution in [3.05, 3.63) is 50.6 Å². The number of phenolic OH excluding ortho intramolecular Hbond substituents is 1. The molecule has 2 aromatic carbocycles. The zero-order valence-corrected chi connectivity index (χ0v) is 13.4. The third kappa shape index (κ3) is 3.34. The van der Waals surface area contributed by atoms with Crippen LogP contribution in [0.1, 0.15) is 10.4 Å². The van der Waals surface area contributed by atoms with E-state index < -0.39 is 0 Å². The lowest BCUT2D eigenvalue weighted by Crippen LogP contribution is -2.13. The van der Waals surface area contributed by atoms with E-state index >= 15 is 0 Å². The maximum Gasteiger partial charge on any atom is 0.256 e. The molecule has 0 radical (unpaired) electrons. The average Bonchev–Trinajstić information content (AvgIpc) is 2.41. The van der Waals surface area contributed by atoms with Gasteiger partial charge in [0.05, 0.1) is 12.7 Å². The van der Waals surface area contributed by atoms with Gasteiger partial charge in [-0.15, -0.1) is 0 Å². The summed E-state index contributed by atoms with van der Waals surface area (Å²) in [6, 6.07) is 9.74. The van der Waals surface area contributed by atoms with Crippen LogP contribution in [0.4, 0.5) is 5.69 Å². The first-order valence-electron chi connectivity index (χ1n) is 5.64. The van der Waals surface area contributed by atoms with Crippen LogP contribution in [0.25, 0.3) is 0 Å². The van der Waals surface area contributed by atoms with Gasteiger partial charge < -0.3 is 15.2 Å². The van der Waals surface area contributed by atoms with E-state index in [9.17, 15) is 9.90 Å². The number of benzene rings is 2. The van der Waals surface area contributed by atoms with Crippen LogP contribution >= 0.6 is 34.2 Å². The molecule has 2 aromatic rings. The molecule has 0 aliphatic rings. The minimum absolute atomic E-state index is 0.0360. The molecule has 104 valence electrons. The molecule has 0 saturated carbocycles. The van der Waals surface area contributed by atoms with E-state index in [0.29, 0.717) is 22.0 Å². The summed E-state index contributed by atoms with van der Waals surface area (Å²) in [7, 11) is 1.46. The third-order valence-corrected chi connectivity index (χ3v) is 3.79. The Bertz CT molecular complexity index is 661. The number of nitrogens with one attached hydrogen (secondary N) is 1. The molecule has 0 unspecified atom stereocenters. The normalized spacial score (nSPS) is 10.2. The summed E-state index contributed by atoms with van der Waals surface area (Å²) >= 11 is 7.95. The third-order valence-electron chi connectivity index (χ3n) is 2.61. The molecule has 6 heteroatoms. The van der Waals surface area contributed by atoms with Crippen molar-refractivity contribution in [2.45, 2.75) is 0 Å². The van der Waals surface area contributed by atoms with Crippen LogP contribution in [0.5, 0.6) is 11.5 Å². The van der Waals surface area contributed by atoms with E-state index in [2.05, 4.69) is 27.9 Å². The van der Waals surface area contributed by atoms with Crippen LogP contribution in [-0.4, -0.2) is 18.1 Å². The number of ether oxygens (including phenoxy) is 1. The Labute approximate surface area is 134 Å². The second kappa shape index (κ2) is 6.32. The topological polar surface area (TPSA) is 58.6 Å². The maximum absolute atomic E-state index is 12.2. The van der Waals surface area contributed by atoms with Gasteiger partial charge in [-0.2, -0.15) is 0 Å². The van der Waals surface area contributed by atoms with E-state index in [1.54, 1.807) is 30.3 Å². The second-order valence-electron chi connectivity index (χ2n) is 3.96. The smallest absolute Gasteiger partial charge is 0.256 e. The molecular weight excluding hydrogens is 393 g/mol. The summed E-state index contributed by atoms with van der Waals surface area (Å²) in [5.74, 6) is 0.0212. The first kappa shape index (κ1) is 14.9. The average molecular weight is 404 g/mol. The van der Waals surface area contributed by atoms with E-state index in [4.69, 9.17) is 16.3 Å². The zero-order chi connectivity index (χ0) is 14.7. The van der Waals surface area contributed by atoms with Crippen LogP contribution < -0.4 is 10.1 Å². The summed E-state index contributed by atoms with van der Waals surface area (Å²) in [6.07, 6.45) is 0. The Morgan fingerprint density at radius 2 is 2.05 bits per heavy atom. The lowest BCUT2D eigenvalue weighted by Gasteiger charge is -2.09. The van der Waals surface area contributed by atoms with Crippen molar-refractivity contribution in [1.82, 2.24) is 0 Å². The molecule has 0 aliphatic heterocycles. The number of amides is 1. The fourth-order valence-electron chi connectivity index (χ4n) is 1.64. The number of carbonyl (C=O) groups excluding carboxylic acids is 1. The number of hydrogen-bond donors (Lipinski definition) is 2. The second-order valence-corrected chi connectivity index (χ2v) is 5.56. The molecule has 2 N–H and O–H groups in total. The molecule has 1 amide bonds. The van der Waals surface area contributed by atoms with Crippen molar-refractivity contribution in [3.8, 4) is 11.5 Å². The predicted molar refractivity (Wildman–Crippen MR) is 86.8 cm³/mol. The lowest BCUT2D eigenvalue weighted by atomic mass is 10.2. The molecule has 2 rings (SSSR count).